The van der Waals surface area contributed by atoms with E-state index in [1.807, 2.05) is 0 Å². The first-order valence-corrected chi connectivity index (χ1v) is 9.85. The highest BCUT2D eigenvalue weighted by molar-refractivity contribution is 5.91. The van der Waals surface area contributed by atoms with Crippen molar-refractivity contribution in [1.82, 2.24) is 0 Å². The minimum Gasteiger partial charge on any atom is -0.493 e. The van der Waals surface area contributed by atoms with Gasteiger partial charge in [0.15, 0.2) is 0 Å². The van der Waals surface area contributed by atoms with Crippen LogP contribution in [0.15, 0.2) is 48.5 Å². The third kappa shape index (κ3) is 6.10. The molecule has 1 atom stereocenters. The van der Waals surface area contributed by atoms with Crippen LogP contribution in [0.4, 0.5) is 26.3 Å². The van der Waals surface area contributed by atoms with Gasteiger partial charge in [-0.05, 0) is 55.0 Å². The molecule has 0 aliphatic carbocycles. The third-order valence-corrected chi connectivity index (χ3v) is 5.07. The second-order valence-corrected chi connectivity index (χ2v) is 7.59. The first kappa shape index (κ1) is 24.7. The number of alkyl halides is 6. The number of halogens is 6. The van der Waals surface area contributed by atoms with Crippen molar-refractivity contribution < 1.29 is 50.1 Å². The van der Waals surface area contributed by atoms with Crippen molar-refractivity contribution in [3.05, 3.63) is 54.1 Å². The molecule has 33 heavy (non-hydrogen) atoms. The van der Waals surface area contributed by atoms with Gasteiger partial charge >= 0.3 is 18.3 Å². The zero-order chi connectivity index (χ0) is 24.3. The smallest absolute Gasteiger partial charge is 0.439 e. The molecule has 1 heterocycles. The summed E-state index contributed by atoms with van der Waals surface area (Å²) in [6.07, 6.45) is -14.5. The number of ether oxygens (including phenoxy) is 4. The molecule has 0 amide bonds. The van der Waals surface area contributed by atoms with E-state index in [9.17, 15) is 31.1 Å². The molecule has 1 unspecified atom stereocenters. The van der Waals surface area contributed by atoms with E-state index >= 15 is 0 Å². The van der Waals surface area contributed by atoms with Gasteiger partial charge in [-0.15, -0.1) is 0 Å². The van der Waals surface area contributed by atoms with Gasteiger partial charge in [-0.25, -0.2) is 9.18 Å². The second kappa shape index (κ2) is 9.50. The van der Waals surface area contributed by atoms with Crippen LogP contribution in [0.5, 0.6) is 17.2 Å². The third-order valence-electron chi connectivity index (χ3n) is 5.07. The lowest BCUT2D eigenvalue weighted by atomic mass is 9.84. The van der Waals surface area contributed by atoms with Crippen LogP contribution < -0.4 is 14.2 Å². The second-order valence-electron chi connectivity index (χ2n) is 7.59. The standard InChI is InChI=1S/C22H20F6O5/c1-2-20(11-30-12-20)13-31-15-5-3-14(4-6-15)18(29)32-16-7-9-17(10-8-16)33-22(27,28)19(23)21(24,25)26/h3-10,19H,2,11-13H2,1H3. The van der Waals surface area contributed by atoms with Gasteiger partial charge < -0.3 is 18.9 Å². The van der Waals surface area contributed by atoms with Crippen molar-refractivity contribution in [3.63, 3.8) is 0 Å². The molecule has 0 aromatic heterocycles. The number of esters is 1. The Morgan fingerprint density at radius 1 is 0.970 bits per heavy atom. The summed E-state index contributed by atoms with van der Waals surface area (Å²) in [6, 6.07) is 9.82. The van der Waals surface area contributed by atoms with Gasteiger partial charge in [-0.2, -0.15) is 22.0 Å². The highest BCUT2D eigenvalue weighted by Crippen LogP contribution is 2.37. The lowest BCUT2D eigenvalue weighted by molar-refractivity contribution is -0.304. The maximum atomic E-state index is 13.3. The molecule has 5 nitrogen and oxygen atoms in total. The minimum absolute atomic E-state index is 0.00466. The summed E-state index contributed by atoms with van der Waals surface area (Å²) in [5, 5.41) is 0. The molecule has 0 bridgehead atoms. The molecule has 1 aliphatic heterocycles. The van der Waals surface area contributed by atoms with Crippen molar-refractivity contribution in [2.24, 2.45) is 5.41 Å². The zero-order valence-electron chi connectivity index (χ0n) is 17.3. The zero-order valence-corrected chi connectivity index (χ0v) is 17.3. The predicted molar refractivity (Wildman–Crippen MR) is 103 cm³/mol. The summed E-state index contributed by atoms with van der Waals surface area (Å²) in [5.74, 6) is -1.04. The normalized spacial score (nSPS) is 16.5. The fourth-order valence-electron chi connectivity index (χ4n) is 2.85. The Hall–Kier alpha value is -2.95. The van der Waals surface area contributed by atoms with Crippen LogP contribution >= 0.6 is 0 Å². The Labute approximate surface area is 185 Å². The Morgan fingerprint density at radius 2 is 1.52 bits per heavy atom. The van der Waals surface area contributed by atoms with Crippen LogP contribution in [0.3, 0.4) is 0 Å². The molecule has 0 N–H and O–H groups in total. The quantitative estimate of drug-likeness (QED) is 0.268. The van der Waals surface area contributed by atoms with E-state index in [1.54, 1.807) is 12.1 Å². The van der Waals surface area contributed by atoms with Crippen molar-refractivity contribution >= 4 is 5.97 Å². The number of hydrogen-bond donors (Lipinski definition) is 0. The largest absolute Gasteiger partial charge is 0.493 e. The summed E-state index contributed by atoms with van der Waals surface area (Å²) in [6.45, 7) is 3.79. The molecule has 11 heteroatoms. The summed E-state index contributed by atoms with van der Waals surface area (Å²) in [5.41, 5.74) is 0.173. The molecule has 3 rings (SSSR count). The van der Waals surface area contributed by atoms with Crippen LogP contribution in [-0.2, 0) is 4.74 Å². The topological polar surface area (TPSA) is 54.0 Å². The van der Waals surface area contributed by atoms with E-state index in [0.29, 0.717) is 25.6 Å². The predicted octanol–water partition coefficient (Wildman–Crippen LogP) is 5.58. The van der Waals surface area contributed by atoms with E-state index in [4.69, 9.17) is 14.2 Å². The molecule has 0 spiro atoms. The number of carbonyl (C=O) groups excluding carboxylic acids is 1. The molecule has 0 saturated carbocycles. The average molecular weight is 478 g/mol. The van der Waals surface area contributed by atoms with Crippen LogP contribution in [0.1, 0.15) is 23.7 Å². The summed E-state index contributed by atoms with van der Waals surface area (Å²) in [4.78, 5) is 12.3. The van der Waals surface area contributed by atoms with Crippen LogP contribution in [-0.4, -0.2) is 44.2 Å². The van der Waals surface area contributed by atoms with Crippen molar-refractivity contribution in [3.8, 4) is 17.2 Å². The maximum Gasteiger partial charge on any atom is 0.439 e. The summed E-state index contributed by atoms with van der Waals surface area (Å²) < 4.78 is 95.9. The van der Waals surface area contributed by atoms with E-state index in [2.05, 4.69) is 11.7 Å². The average Bonchev–Trinajstić information content (AvgIpc) is 2.73. The minimum atomic E-state index is -5.79. The maximum absolute atomic E-state index is 13.3. The molecular weight excluding hydrogens is 458 g/mol. The van der Waals surface area contributed by atoms with Gasteiger partial charge in [0.1, 0.15) is 17.2 Å². The Bertz CT molecular complexity index is 934. The van der Waals surface area contributed by atoms with Crippen molar-refractivity contribution in [2.75, 3.05) is 19.8 Å². The molecule has 1 aliphatic rings. The van der Waals surface area contributed by atoms with E-state index < -0.39 is 30.2 Å². The molecule has 2 aromatic carbocycles. The van der Waals surface area contributed by atoms with Crippen LogP contribution in [0, 0.1) is 5.41 Å². The van der Waals surface area contributed by atoms with E-state index in [1.165, 1.54) is 12.1 Å². The van der Waals surface area contributed by atoms with Gasteiger partial charge in [0.25, 0.3) is 6.17 Å². The number of carbonyl (C=O) groups is 1. The molecule has 1 saturated heterocycles. The van der Waals surface area contributed by atoms with E-state index in [0.717, 1.165) is 30.7 Å². The SMILES string of the molecule is CCC1(COc2ccc(C(=O)Oc3ccc(OC(F)(F)C(F)C(F)(F)F)cc3)cc2)COC1. The van der Waals surface area contributed by atoms with E-state index in [-0.39, 0.29) is 16.7 Å². The van der Waals surface area contributed by atoms with Crippen LogP contribution in [0.25, 0.3) is 0 Å². The molecule has 0 radical (unpaired) electrons. The van der Waals surface area contributed by atoms with Crippen molar-refractivity contribution in [1.29, 1.82) is 0 Å². The fraction of sp³-hybridized carbons (Fsp3) is 0.409. The lowest BCUT2D eigenvalue weighted by Crippen LogP contribution is -2.46. The summed E-state index contributed by atoms with van der Waals surface area (Å²) in [7, 11) is 0. The van der Waals surface area contributed by atoms with Gasteiger partial charge in [0.2, 0.25) is 0 Å². The van der Waals surface area contributed by atoms with Crippen LogP contribution in [0.2, 0.25) is 0 Å². The molecule has 1 fully saturated rings. The highest BCUT2D eigenvalue weighted by atomic mass is 19.4. The molecular formula is C22H20F6O5. The van der Waals surface area contributed by atoms with Gasteiger partial charge in [0, 0.05) is 0 Å². The van der Waals surface area contributed by atoms with Gasteiger partial charge in [-0.1, -0.05) is 6.92 Å². The van der Waals surface area contributed by atoms with Gasteiger partial charge in [-0.3, -0.25) is 0 Å². The fourth-order valence-corrected chi connectivity index (χ4v) is 2.85. The Morgan fingerprint density at radius 3 is 2.00 bits per heavy atom. The monoisotopic (exact) mass is 478 g/mol. The van der Waals surface area contributed by atoms with Gasteiger partial charge in [0.05, 0.1) is 30.8 Å². The number of rotatable bonds is 9. The molecule has 180 valence electrons. The molecule has 2 aromatic rings. The lowest BCUT2D eigenvalue weighted by Gasteiger charge is -2.40. The Kier molecular flexibility index (Phi) is 7.11. The van der Waals surface area contributed by atoms with Crippen molar-refractivity contribution in [2.45, 2.75) is 31.8 Å². The first-order chi connectivity index (χ1) is 15.4. The summed E-state index contributed by atoms with van der Waals surface area (Å²) >= 11 is 0. The Balaban J connectivity index is 1.55. The number of benzene rings is 2. The number of hydrogen-bond acceptors (Lipinski definition) is 5. The first-order valence-electron chi connectivity index (χ1n) is 9.85. The highest BCUT2D eigenvalue weighted by Gasteiger charge is 2.59.